The first-order valence-corrected chi connectivity index (χ1v) is 6.75. The van der Waals surface area contributed by atoms with Crippen molar-refractivity contribution in [2.24, 2.45) is 0 Å². The minimum absolute atomic E-state index is 0.0195. The second-order valence-electron chi connectivity index (χ2n) is 4.76. The molecular weight excluding hydrogens is 254 g/mol. The Balaban J connectivity index is 2.87. The van der Waals surface area contributed by atoms with Gasteiger partial charge in [0.05, 0.1) is 13.2 Å². The van der Waals surface area contributed by atoms with Crippen LogP contribution < -0.4 is 9.47 Å². The molecule has 0 aliphatic carbocycles. The average molecular weight is 277 g/mol. The fraction of sp³-hybridized carbons (Fsp3) is 0.438. The molecule has 0 saturated carbocycles. The Labute approximate surface area is 121 Å². The molecule has 0 fully saturated rings. The van der Waals surface area contributed by atoms with Gasteiger partial charge in [-0.3, -0.25) is 4.79 Å². The summed E-state index contributed by atoms with van der Waals surface area (Å²) in [6.07, 6.45) is 3.42. The SMILES string of the molecule is CCN(C)C(=O)/C=C/c1ccc(OC(C)C)c(OC)c1. The highest BCUT2D eigenvalue weighted by Gasteiger charge is 2.07. The highest BCUT2D eigenvalue weighted by atomic mass is 16.5. The molecule has 0 aromatic heterocycles. The number of benzene rings is 1. The van der Waals surface area contributed by atoms with Crippen molar-refractivity contribution < 1.29 is 14.3 Å². The van der Waals surface area contributed by atoms with E-state index in [1.807, 2.05) is 39.0 Å². The number of rotatable bonds is 6. The summed E-state index contributed by atoms with van der Waals surface area (Å²) in [7, 11) is 3.37. The summed E-state index contributed by atoms with van der Waals surface area (Å²) in [4.78, 5) is 13.3. The maximum absolute atomic E-state index is 11.7. The molecule has 4 heteroatoms. The lowest BCUT2D eigenvalue weighted by Gasteiger charge is -2.14. The van der Waals surface area contributed by atoms with Gasteiger partial charge < -0.3 is 14.4 Å². The van der Waals surface area contributed by atoms with E-state index in [1.165, 1.54) is 0 Å². The number of amides is 1. The summed E-state index contributed by atoms with van der Waals surface area (Å²) < 4.78 is 11.0. The predicted molar refractivity (Wildman–Crippen MR) is 81.1 cm³/mol. The maximum atomic E-state index is 11.7. The first kappa shape index (κ1) is 16.1. The largest absolute Gasteiger partial charge is 0.493 e. The standard InChI is InChI=1S/C16H23NO3/c1-6-17(4)16(18)10-8-13-7-9-14(20-12(2)3)15(11-13)19-5/h7-12H,6H2,1-5H3/b10-8+. The molecule has 0 N–H and O–H groups in total. The van der Waals surface area contributed by atoms with Crippen molar-refractivity contribution in [2.45, 2.75) is 26.9 Å². The molecule has 0 radical (unpaired) electrons. The maximum Gasteiger partial charge on any atom is 0.246 e. The summed E-state index contributed by atoms with van der Waals surface area (Å²) in [5.74, 6) is 1.35. The van der Waals surface area contributed by atoms with Crippen LogP contribution in [0.1, 0.15) is 26.3 Å². The topological polar surface area (TPSA) is 38.8 Å². The lowest BCUT2D eigenvalue weighted by Crippen LogP contribution is -2.23. The van der Waals surface area contributed by atoms with Gasteiger partial charge in [0.25, 0.3) is 0 Å². The Morgan fingerprint density at radius 3 is 2.60 bits per heavy atom. The van der Waals surface area contributed by atoms with E-state index in [0.717, 1.165) is 5.56 Å². The third kappa shape index (κ3) is 4.61. The van der Waals surface area contributed by atoms with Crippen LogP contribution in [0.15, 0.2) is 24.3 Å². The molecule has 0 saturated heterocycles. The summed E-state index contributed by atoms with van der Waals surface area (Å²) in [5.41, 5.74) is 0.899. The van der Waals surface area contributed by atoms with E-state index in [0.29, 0.717) is 18.0 Å². The van der Waals surface area contributed by atoms with Gasteiger partial charge in [0.15, 0.2) is 11.5 Å². The second-order valence-corrected chi connectivity index (χ2v) is 4.76. The van der Waals surface area contributed by atoms with E-state index in [1.54, 1.807) is 31.2 Å². The van der Waals surface area contributed by atoms with Crippen LogP contribution in [0.3, 0.4) is 0 Å². The zero-order chi connectivity index (χ0) is 15.1. The first-order valence-electron chi connectivity index (χ1n) is 6.75. The molecule has 110 valence electrons. The number of nitrogens with zero attached hydrogens (tertiary/aromatic N) is 1. The summed E-state index contributed by atoms with van der Waals surface area (Å²) in [6, 6.07) is 5.61. The van der Waals surface area contributed by atoms with Gasteiger partial charge in [0, 0.05) is 19.7 Å². The van der Waals surface area contributed by atoms with Crippen LogP contribution in [0.4, 0.5) is 0 Å². The van der Waals surface area contributed by atoms with Gasteiger partial charge in [-0.1, -0.05) is 6.07 Å². The third-order valence-corrected chi connectivity index (χ3v) is 2.82. The van der Waals surface area contributed by atoms with E-state index in [-0.39, 0.29) is 12.0 Å². The van der Waals surface area contributed by atoms with Crippen LogP contribution in [0.25, 0.3) is 6.08 Å². The summed E-state index contributed by atoms with van der Waals surface area (Å²) in [6.45, 7) is 6.56. The van der Waals surface area contributed by atoms with Gasteiger partial charge in [-0.05, 0) is 44.5 Å². The van der Waals surface area contributed by atoms with Crippen molar-refractivity contribution in [1.82, 2.24) is 4.90 Å². The predicted octanol–water partition coefficient (Wildman–Crippen LogP) is 2.97. The normalized spacial score (nSPS) is 10.9. The Kier molecular flexibility index (Phi) is 6.10. The van der Waals surface area contributed by atoms with Crippen molar-refractivity contribution in [3.05, 3.63) is 29.8 Å². The number of hydrogen-bond donors (Lipinski definition) is 0. The number of methoxy groups -OCH3 is 1. The molecule has 1 rings (SSSR count). The minimum atomic E-state index is -0.0195. The molecule has 0 unspecified atom stereocenters. The Morgan fingerprint density at radius 1 is 1.35 bits per heavy atom. The summed E-state index contributed by atoms with van der Waals surface area (Å²) in [5, 5.41) is 0. The quantitative estimate of drug-likeness (QED) is 0.750. The van der Waals surface area contributed by atoms with E-state index in [9.17, 15) is 4.79 Å². The van der Waals surface area contributed by atoms with Crippen molar-refractivity contribution in [3.8, 4) is 11.5 Å². The van der Waals surface area contributed by atoms with Gasteiger partial charge in [0.1, 0.15) is 0 Å². The number of ether oxygens (including phenoxy) is 2. The Morgan fingerprint density at radius 2 is 2.05 bits per heavy atom. The van der Waals surface area contributed by atoms with Crippen molar-refractivity contribution >= 4 is 12.0 Å². The molecule has 0 heterocycles. The van der Waals surface area contributed by atoms with Gasteiger partial charge in [-0.15, -0.1) is 0 Å². The average Bonchev–Trinajstić information content (AvgIpc) is 2.44. The molecule has 0 bridgehead atoms. The zero-order valence-electron chi connectivity index (χ0n) is 12.8. The lowest BCUT2D eigenvalue weighted by atomic mass is 10.2. The highest BCUT2D eigenvalue weighted by molar-refractivity contribution is 5.91. The van der Waals surface area contributed by atoms with Crippen LogP contribution in [-0.2, 0) is 4.79 Å². The molecule has 1 amide bonds. The highest BCUT2D eigenvalue weighted by Crippen LogP contribution is 2.29. The molecule has 0 atom stereocenters. The number of hydrogen-bond acceptors (Lipinski definition) is 3. The molecule has 4 nitrogen and oxygen atoms in total. The Hall–Kier alpha value is -1.97. The van der Waals surface area contributed by atoms with E-state index >= 15 is 0 Å². The third-order valence-electron chi connectivity index (χ3n) is 2.82. The van der Waals surface area contributed by atoms with Crippen molar-refractivity contribution in [1.29, 1.82) is 0 Å². The van der Waals surface area contributed by atoms with Crippen LogP contribution in [0.2, 0.25) is 0 Å². The molecular formula is C16H23NO3. The van der Waals surface area contributed by atoms with Crippen molar-refractivity contribution in [2.75, 3.05) is 20.7 Å². The number of likely N-dealkylation sites (N-methyl/N-ethyl adjacent to an activating group) is 1. The van der Waals surface area contributed by atoms with Gasteiger partial charge in [0.2, 0.25) is 5.91 Å². The smallest absolute Gasteiger partial charge is 0.246 e. The van der Waals surface area contributed by atoms with Crippen LogP contribution in [0, 0.1) is 0 Å². The lowest BCUT2D eigenvalue weighted by molar-refractivity contribution is -0.124. The monoisotopic (exact) mass is 277 g/mol. The van der Waals surface area contributed by atoms with E-state index < -0.39 is 0 Å². The van der Waals surface area contributed by atoms with Crippen LogP contribution >= 0.6 is 0 Å². The van der Waals surface area contributed by atoms with E-state index in [2.05, 4.69) is 0 Å². The number of carbonyl (C=O) groups excluding carboxylic acids is 1. The fourth-order valence-electron chi connectivity index (χ4n) is 1.59. The van der Waals surface area contributed by atoms with Crippen molar-refractivity contribution in [3.63, 3.8) is 0 Å². The molecule has 0 aliphatic heterocycles. The molecule has 0 spiro atoms. The molecule has 0 aliphatic rings. The molecule has 1 aromatic rings. The zero-order valence-corrected chi connectivity index (χ0v) is 12.8. The first-order chi connectivity index (χ1) is 9.47. The molecule has 1 aromatic carbocycles. The Bertz CT molecular complexity index is 481. The minimum Gasteiger partial charge on any atom is -0.493 e. The van der Waals surface area contributed by atoms with E-state index in [4.69, 9.17) is 9.47 Å². The van der Waals surface area contributed by atoms with Gasteiger partial charge in [-0.2, -0.15) is 0 Å². The van der Waals surface area contributed by atoms with Crippen LogP contribution in [0.5, 0.6) is 11.5 Å². The van der Waals surface area contributed by atoms with Gasteiger partial charge in [-0.25, -0.2) is 0 Å². The number of carbonyl (C=O) groups is 1. The second kappa shape index (κ2) is 7.58. The molecule has 20 heavy (non-hydrogen) atoms. The summed E-state index contributed by atoms with van der Waals surface area (Å²) >= 11 is 0. The van der Waals surface area contributed by atoms with Crippen LogP contribution in [-0.4, -0.2) is 37.6 Å². The fourth-order valence-corrected chi connectivity index (χ4v) is 1.59. The van der Waals surface area contributed by atoms with Gasteiger partial charge >= 0.3 is 0 Å².